The third-order valence-corrected chi connectivity index (χ3v) is 5.61. The van der Waals surface area contributed by atoms with Crippen molar-refractivity contribution in [3.05, 3.63) is 60.3 Å². The fraction of sp³-hybridized carbons (Fsp3) is 0.143. The number of aromatic amines is 1. The van der Waals surface area contributed by atoms with Crippen LogP contribution in [0.4, 0.5) is 5.69 Å². The third-order valence-electron chi connectivity index (χ3n) is 4.59. The lowest BCUT2D eigenvalue weighted by Gasteiger charge is -2.06. The summed E-state index contributed by atoms with van der Waals surface area (Å²) in [5, 5.41) is 13.0. The number of nitrogens with one attached hydrogen (secondary N) is 2. The second-order valence-electron chi connectivity index (χ2n) is 6.52. The summed E-state index contributed by atoms with van der Waals surface area (Å²) in [7, 11) is 3.20. The number of ether oxygens (including phenoxy) is 1. The third kappa shape index (κ3) is 3.92. The van der Waals surface area contributed by atoms with Crippen LogP contribution < -0.4 is 5.32 Å². The molecule has 30 heavy (non-hydrogen) atoms. The van der Waals surface area contributed by atoms with Gasteiger partial charge in [0, 0.05) is 35.4 Å². The van der Waals surface area contributed by atoms with E-state index in [0.29, 0.717) is 16.4 Å². The predicted molar refractivity (Wildman–Crippen MR) is 115 cm³/mol. The van der Waals surface area contributed by atoms with Crippen molar-refractivity contribution >= 4 is 40.2 Å². The SMILES string of the molecule is COC(=O)c1ccc(NC(=O)CSc2nnc(-c3c[nH]c4ccccc34)n2C)cc1. The zero-order valence-electron chi connectivity index (χ0n) is 16.4. The number of nitrogens with zero attached hydrogens (tertiary/aromatic N) is 3. The fourth-order valence-corrected chi connectivity index (χ4v) is 3.78. The molecule has 1 amide bonds. The number of amides is 1. The quantitative estimate of drug-likeness (QED) is 0.365. The zero-order valence-corrected chi connectivity index (χ0v) is 17.2. The topological polar surface area (TPSA) is 102 Å². The minimum absolute atomic E-state index is 0.178. The Morgan fingerprint density at radius 3 is 2.67 bits per heavy atom. The van der Waals surface area contributed by atoms with Crippen LogP contribution in [0.3, 0.4) is 0 Å². The number of para-hydroxylation sites is 1. The summed E-state index contributed by atoms with van der Waals surface area (Å²) in [4.78, 5) is 27.0. The van der Waals surface area contributed by atoms with Gasteiger partial charge in [0.15, 0.2) is 11.0 Å². The Hall–Kier alpha value is -3.59. The van der Waals surface area contributed by atoms with Crippen LogP contribution in [0.5, 0.6) is 0 Å². The highest BCUT2D eigenvalue weighted by atomic mass is 32.2. The minimum atomic E-state index is -0.420. The molecule has 0 radical (unpaired) electrons. The van der Waals surface area contributed by atoms with Crippen molar-refractivity contribution in [1.29, 1.82) is 0 Å². The summed E-state index contributed by atoms with van der Waals surface area (Å²) in [6.07, 6.45) is 1.91. The summed E-state index contributed by atoms with van der Waals surface area (Å²) in [5.74, 6) is 0.312. The molecular weight excluding hydrogens is 402 g/mol. The number of benzene rings is 2. The van der Waals surface area contributed by atoms with E-state index in [-0.39, 0.29) is 11.7 Å². The first-order chi connectivity index (χ1) is 14.6. The van der Waals surface area contributed by atoms with Gasteiger partial charge >= 0.3 is 5.97 Å². The number of fused-ring (bicyclic) bond motifs is 1. The highest BCUT2D eigenvalue weighted by molar-refractivity contribution is 7.99. The Labute approximate surface area is 176 Å². The number of carbonyl (C=O) groups excluding carboxylic acids is 2. The number of esters is 1. The molecule has 0 aliphatic carbocycles. The fourth-order valence-electron chi connectivity index (χ4n) is 3.07. The van der Waals surface area contributed by atoms with Gasteiger partial charge in [-0.1, -0.05) is 30.0 Å². The smallest absolute Gasteiger partial charge is 0.337 e. The summed E-state index contributed by atoms with van der Waals surface area (Å²) < 4.78 is 6.54. The van der Waals surface area contributed by atoms with E-state index < -0.39 is 5.97 Å². The maximum Gasteiger partial charge on any atom is 0.337 e. The molecule has 0 bridgehead atoms. The Morgan fingerprint density at radius 1 is 1.13 bits per heavy atom. The van der Waals surface area contributed by atoms with Crippen molar-refractivity contribution in [2.75, 3.05) is 18.2 Å². The summed E-state index contributed by atoms with van der Waals surface area (Å²) in [6.45, 7) is 0. The standard InChI is InChI=1S/C21H19N5O3S/c1-26-19(16-11-22-17-6-4-3-5-15(16)17)24-25-21(26)30-12-18(27)23-14-9-7-13(8-10-14)20(28)29-2/h3-11,22H,12H2,1-2H3,(H,23,27). The van der Waals surface area contributed by atoms with E-state index in [0.717, 1.165) is 22.3 Å². The van der Waals surface area contributed by atoms with E-state index in [1.165, 1.54) is 18.9 Å². The molecule has 2 aromatic carbocycles. The average molecular weight is 421 g/mol. The van der Waals surface area contributed by atoms with Crippen LogP contribution in [0, 0.1) is 0 Å². The molecular formula is C21H19N5O3S. The van der Waals surface area contributed by atoms with Crippen molar-refractivity contribution in [2.45, 2.75) is 5.16 Å². The van der Waals surface area contributed by atoms with Crippen LogP contribution in [0.1, 0.15) is 10.4 Å². The van der Waals surface area contributed by atoms with E-state index in [4.69, 9.17) is 0 Å². The number of hydrogen-bond acceptors (Lipinski definition) is 6. The van der Waals surface area contributed by atoms with Gasteiger partial charge in [0.2, 0.25) is 5.91 Å². The second kappa shape index (κ2) is 8.42. The van der Waals surface area contributed by atoms with E-state index in [2.05, 4.69) is 25.2 Å². The molecule has 0 aliphatic heterocycles. The molecule has 0 atom stereocenters. The van der Waals surface area contributed by atoms with Gasteiger partial charge in [0.05, 0.1) is 18.4 Å². The largest absolute Gasteiger partial charge is 0.465 e. The number of aromatic nitrogens is 4. The van der Waals surface area contributed by atoms with Crippen LogP contribution in [0.15, 0.2) is 59.9 Å². The lowest BCUT2D eigenvalue weighted by molar-refractivity contribution is -0.113. The van der Waals surface area contributed by atoms with Gasteiger partial charge in [0.1, 0.15) is 0 Å². The molecule has 0 aliphatic rings. The lowest BCUT2D eigenvalue weighted by atomic mass is 10.1. The van der Waals surface area contributed by atoms with Crippen molar-refractivity contribution in [1.82, 2.24) is 19.7 Å². The Morgan fingerprint density at radius 2 is 1.90 bits per heavy atom. The van der Waals surface area contributed by atoms with Crippen LogP contribution in [-0.4, -0.2) is 44.5 Å². The van der Waals surface area contributed by atoms with Gasteiger partial charge in [0.25, 0.3) is 0 Å². The molecule has 0 unspecified atom stereocenters. The molecule has 152 valence electrons. The maximum atomic E-state index is 12.3. The monoisotopic (exact) mass is 421 g/mol. The summed E-state index contributed by atoms with van der Waals surface area (Å²) >= 11 is 1.30. The molecule has 0 saturated heterocycles. The molecule has 0 saturated carbocycles. The van der Waals surface area contributed by atoms with Gasteiger partial charge in [-0.05, 0) is 30.3 Å². The molecule has 2 N–H and O–H groups in total. The Kier molecular flexibility index (Phi) is 5.53. The normalized spacial score (nSPS) is 10.9. The molecule has 2 aromatic heterocycles. The van der Waals surface area contributed by atoms with Crippen molar-refractivity contribution < 1.29 is 14.3 Å². The molecule has 0 spiro atoms. The van der Waals surface area contributed by atoms with Gasteiger partial charge in [-0.15, -0.1) is 10.2 Å². The van der Waals surface area contributed by atoms with Crippen molar-refractivity contribution in [3.63, 3.8) is 0 Å². The second-order valence-corrected chi connectivity index (χ2v) is 7.46. The summed E-state index contributed by atoms with van der Waals surface area (Å²) in [5.41, 5.74) is 3.02. The molecule has 4 aromatic rings. The lowest BCUT2D eigenvalue weighted by Crippen LogP contribution is -2.14. The van der Waals surface area contributed by atoms with E-state index in [1.807, 2.05) is 42.1 Å². The van der Waals surface area contributed by atoms with E-state index in [1.54, 1.807) is 24.3 Å². The number of hydrogen-bond donors (Lipinski definition) is 2. The van der Waals surface area contributed by atoms with E-state index in [9.17, 15) is 9.59 Å². The average Bonchev–Trinajstić information content (AvgIpc) is 3.35. The van der Waals surface area contributed by atoms with Gasteiger partial charge in [-0.3, -0.25) is 4.79 Å². The van der Waals surface area contributed by atoms with E-state index >= 15 is 0 Å². The Balaban J connectivity index is 1.41. The zero-order chi connectivity index (χ0) is 21.1. The Bertz CT molecular complexity index is 1210. The van der Waals surface area contributed by atoms with Gasteiger partial charge in [-0.2, -0.15) is 0 Å². The first-order valence-electron chi connectivity index (χ1n) is 9.13. The molecule has 8 nitrogen and oxygen atoms in total. The van der Waals surface area contributed by atoms with Crippen LogP contribution in [0.2, 0.25) is 0 Å². The predicted octanol–water partition coefficient (Wildman–Crippen LogP) is 3.48. The van der Waals surface area contributed by atoms with Crippen LogP contribution in [0.25, 0.3) is 22.3 Å². The minimum Gasteiger partial charge on any atom is -0.465 e. The highest BCUT2D eigenvalue weighted by Gasteiger charge is 2.16. The molecule has 2 heterocycles. The van der Waals surface area contributed by atoms with Crippen molar-refractivity contribution in [3.8, 4) is 11.4 Å². The first-order valence-corrected chi connectivity index (χ1v) is 10.1. The van der Waals surface area contributed by atoms with Crippen LogP contribution >= 0.6 is 11.8 Å². The van der Waals surface area contributed by atoms with Crippen LogP contribution in [-0.2, 0) is 16.6 Å². The van der Waals surface area contributed by atoms with Gasteiger partial charge < -0.3 is 19.6 Å². The number of anilines is 1. The number of thioether (sulfide) groups is 1. The van der Waals surface area contributed by atoms with Gasteiger partial charge in [-0.25, -0.2) is 4.79 Å². The number of rotatable bonds is 6. The first kappa shape index (κ1) is 19.7. The van der Waals surface area contributed by atoms with Crippen molar-refractivity contribution in [2.24, 2.45) is 7.05 Å². The number of H-pyrrole nitrogens is 1. The summed E-state index contributed by atoms with van der Waals surface area (Å²) in [6, 6.07) is 14.5. The number of methoxy groups -OCH3 is 1. The maximum absolute atomic E-state index is 12.3. The number of carbonyl (C=O) groups is 2. The highest BCUT2D eigenvalue weighted by Crippen LogP contribution is 2.29. The molecule has 9 heteroatoms. The molecule has 0 fully saturated rings. The molecule has 4 rings (SSSR count).